The predicted octanol–water partition coefficient (Wildman–Crippen LogP) is 0.0525. The van der Waals surface area contributed by atoms with Crippen LogP contribution in [0.5, 0.6) is 0 Å². The van der Waals surface area contributed by atoms with Crippen LogP contribution < -0.4 is 5.32 Å². The lowest BCUT2D eigenvalue weighted by atomic mass is 10.0. The molecule has 1 saturated heterocycles. The number of rotatable bonds is 3. The second kappa shape index (κ2) is 7.23. The second-order valence-corrected chi connectivity index (χ2v) is 6.70. The van der Waals surface area contributed by atoms with Crippen LogP contribution in [-0.2, 0) is 22.7 Å². The Kier molecular flexibility index (Phi) is 5.03. The van der Waals surface area contributed by atoms with Crippen LogP contribution in [0, 0.1) is 0 Å². The van der Waals surface area contributed by atoms with E-state index in [4.69, 9.17) is 0 Å². The molecule has 7 nitrogen and oxygen atoms in total. The summed E-state index contributed by atoms with van der Waals surface area (Å²) in [5.41, 5.74) is 3.12. The van der Waals surface area contributed by atoms with E-state index in [-0.39, 0.29) is 24.3 Å². The van der Waals surface area contributed by atoms with Gasteiger partial charge in [0.2, 0.25) is 11.8 Å². The number of carbonyl (C=O) groups is 3. The highest BCUT2D eigenvalue weighted by atomic mass is 16.2. The van der Waals surface area contributed by atoms with Crippen LogP contribution in [0.4, 0.5) is 0 Å². The van der Waals surface area contributed by atoms with Gasteiger partial charge in [-0.3, -0.25) is 19.3 Å². The quantitative estimate of drug-likeness (QED) is 0.841. The molecule has 2 heterocycles. The maximum Gasteiger partial charge on any atom is 0.254 e. The van der Waals surface area contributed by atoms with Crippen LogP contribution >= 0.6 is 0 Å². The molecular weight excluding hydrogens is 320 g/mol. The number of nitrogens with one attached hydrogen (secondary N) is 1. The Bertz CT molecular complexity index is 696. The fourth-order valence-electron chi connectivity index (χ4n) is 3.43. The van der Waals surface area contributed by atoms with Crippen molar-refractivity contribution in [3.8, 4) is 0 Å². The largest absolute Gasteiger partial charge is 0.347 e. The van der Waals surface area contributed by atoms with Crippen LogP contribution in [0.1, 0.15) is 28.4 Å². The first-order valence-electron chi connectivity index (χ1n) is 8.56. The Morgan fingerprint density at radius 3 is 2.40 bits per heavy atom. The highest BCUT2D eigenvalue weighted by Crippen LogP contribution is 2.26. The molecule has 1 aromatic carbocycles. The number of nitrogens with zero attached hydrogens (tertiary/aromatic N) is 3. The molecule has 0 spiro atoms. The average molecular weight is 344 g/mol. The summed E-state index contributed by atoms with van der Waals surface area (Å²) in [5.74, 6) is -0.282. The molecule has 1 N–H and O–H groups in total. The summed E-state index contributed by atoms with van der Waals surface area (Å²) in [4.78, 5) is 41.6. The molecule has 0 bridgehead atoms. The fraction of sp³-hybridized carbons (Fsp3) is 0.500. The average Bonchev–Trinajstić information content (AvgIpc) is 2.99. The van der Waals surface area contributed by atoms with Gasteiger partial charge in [0.05, 0.1) is 6.54 Å². The Morgan fingerprint density at radius 2 is 1.72 bits per heavy atom. The monoisotopic (exact) mass is 344 g/mol. The number of hydrogen-bond donors (Lipinski definition) is 1. The summed E-state index contributed by atoms with van der Waals surface area (Å²) in [6, 6.07) is 5.92. The summed E-state index contributed by atoms with van der Waals surface area (Å²) in [5, 5.41) is 2.52. The third-order valence-corrected chi connectivity index (χ3v) is 4.78. The highest BCUT2D eigenvalue weighted by Gasteiger charge is 2.28. The zero-order valence-corrected chi connectivity index (χ0v) is 14.7. The second-order valence-electron chi connectivity index (χ2n) is 6.70. The van der Waals surface area contributed by atoms with Gasteiger partial charge in [0.25, 0.3) is 5.91 Å². The fourth-order valence-corrected chi connectivity index (χ4v) is 3.43. The van der Waals surface area contributed by atoms with Crippen molar-refractivity contribution in [2.24, 2.45) is 0 Å². The van der Waals surface area contributed by atoms with E-state index in [1.54, 1.807) is 4.90 Å². The van der Waals surface area contributed by atoms with Crippen molar-refractivity contribution < 1.29 is 14.4 Å². The molecule has 0 atom stereocenters. The molecule has 0 unspecified atom stereocenters. The summed E-state index contributed by atoms with van der Waals surface area (Å²) in [6.07, 6.45) is 0. The number of benzene rings is 1. The molecule has 2 aliphatic heterocycles. The van der Waals surface area contributed by atoms with Crippen LogP contribution in [0.25, 0.3) is 0 Å². The number of carbonyl (C=O) groups excluding carboxylic acids is 3. The molecule has 134 valence electrons. The normalized spacial score (nSPS) is 17.4. The van der Waals surface area contributed by atoms with E-state index in [0.29, 0.717) is 26.2 Å². The van der Waals surface area contributed by atoms with Gasteiger partial charge in [-0.25, -0.2) is 0 Å². The Labute approximate surface area is 147 Å². The van der Waals surface area contributed by atoms with Gasteiger partial charge in [0.1, 0.15) is 0 Å². The van der Waals surface area contributed by atoms with E-state index in [0.717, 1.165) is 24.2 Å². The zero-order chi connectivity index (χ0) is 18.0. The van der Waals surface area contributed by atoms with E-state index in [9.17, 15) is 14.4 Å². The first-order chi connectivity index (χ1) is 12.0. The Morgan fingerprint density at radius 1 is 1.04 bits per heavy atom. The van der Waals surface area contributed by atoms with Crippen LogP contribution in [0.15, 0.2) is 18.2 Å². The van der Waals surface area contributed by atoms with Crippen molar-refractivity contribution in [1.29, 1.82) is 0 Å². The SMILES string of the molecule is CC(=O)NCC(=O)N1CCN(C(=O)c2cccc3c2CN(C)C3)CC1. The minimum absolute atomic E-state index is 0.0157. The standard InChI is InChI=1S/C18H24N4O3/c1-13(23)19-10-17(24)21-6-8-22(9-7-21)18(25)15-5-3-4-14-11-20(2)12-16(14)15/h3-5H,6-12H2,1-2H3,(H,19,23). The van der Waals surface area contributed by atoms with Gasteiger partial charge in [-0.2, -0.15) is 0 Å². The number of piperazine rings is 1. The summed E-state index contributed by atoms with van der Waals surface area (Å²) >= 11 is 0. The van der Waals surface area contributed by atoms with Gasteiger partial charge in [0, 0.05) is 51.8 Å². The van der Waals surface area contributed by atoms with E-state index in [2.05, 4.69) is 16.3 Å². The minimum Gasteiger partial charge on any atom is -0.347 e. The topological polar surface area (TPSA) is 73.0 Å². The third-order valence-electron chi connectivity index (χ3n) is 4.78. The molecule has 25 heavy (non-hydrogen) atoms. The van der Waals surface area contributed by atoms with Crippen molar-refractivity contribution in [1.82, 2.24) is 20.0 Å². The lowest BCUT2D eigenvalue weighted by Gasteiger charge is -2.35. The van der Waals surface area contributed by atoms with Crippen LogP contribution in [0.2, 0.25) is 0 Å². The smallest absolute Gasteiger partial charge is 0.254 e. The van der Waals surface area contributed by atoms with Crippen molar-refractivity contribution >= 4 is 17.7 Å². The van der Waals surface area contributed by atoms with Gasteiger partial charge in [-0.15, -0.1) is 0 Å². The van der Waals surface area contributed by atoms with Gasteiger partial charge >= 0.3 is 0 Å². The minimum atomic E-state index is -0.218. The Balaban J connectivity index is 1.61. The molecule has 0 aliphatic carbocycles. The van der Waals surface area contributed by atoms with E-state index in [1.807, 2.05) is 24.1 Å². The Hall–Kier alpha value is -2.41. The molecule has 7 heteroatoms. The number of fused-ring (bicyclic) bond motifs is 1. The maximum absolute atomic E-state index is 12.9. The van der Waals surface area contributed by atoms with Gasteiger partial charge in [0.15, 0.2) is 0 Å². The zero-order valence-electron chi connectivity index (χ0n) is 14.7. The number of hydrogen-bond acceptors (Lipinski definition) is 4. The first kappa shape index (κ1) is 17.4. The van der Waals surface area contributed by atoms with Crippen molar-refractivity contribution in [3.05, 3.63) is 34.9 Å². The van der Waals surface area contributed by atoms with E-state index in [1.165, 1.54) is 12.5 Å². The lowest BCUT2D eigenvalue weighted by Crippen LogP contribution is -2.52. The molecule has 3 amide bonds. The first-order valence-corrected chi connectivity index (χ1v) is 8.56. The highest BCUT2D eigenvalue weighted by molar-refractivity contribution is 5.96. The summed E-state index contributed by atoms with van der Waals surface area (Å²) in [6.45, 7) is 5.11. The van der Waals surface area contributed by atoms with Crippen molar-refractivity contribution in [2.75, 3.05) is 39.8 Å². The molecule has 1 aromatic rings. The summed E-state index contributed by atoms with van der Waals surface area (Å²) in [7, 11) is 2.05. The molecule has 2 aliphatic rings. The predicted molar refractivity (Wildman–Crippen MR) is 92.8 cm³/mol. The third kappa shape index (κ3) is 3.82. The van der Waals surface area contributed by atoms with Gasteiger partial charge in [-0.05, 0) is 24.2 Å². The molecule has 0 saturated carbocycles. The van der Waals surface area contributed by atoms with Crippen molar-refractivity contribution in [2.45, 2.75) is 20.0 Å². The lowest BCUT2D eigenvalue weighted by molar-refractivity contribution is -0.133. The molecule has 0 radical (unpaired) electrons. The number of amides is 3. The van der Waals surface area contributed by atoms with Crippen LogP contribution in [-0.4, -0.2) is 72.2 Å². The molecule has 1 fully saturated rings. The van der Waals surface area contributed by atoms with Crippen molar-refractivity contribution in [3.63, 3.8) is 0 Å². The molecular formula is C18H24N4O3. The summed E-state index contributed by atoms with van der Waals surface area (Å²) < 4.78 is 0. The van der Waals surface area contributed by atoms with Gasteiger partial charge < -0.3 is 15.1 Å². The van der Waals surface area contributed by atoms with E-state index < -0.39 is 0 Å². The maximum atomic E-state index is 12.9. The van der Waals surface area contributed by atoms with E-state index >= 15 is 0 Å². The van der Waals surface area contributed by atoms with Gasteiger partial charge in [-0.1, -0.05) is 12.1 Å². The molecule has 0 aromatic heterocycles. The molecule has 3 rings (SSSR count). The van der Waals surface area contributed by atoms with Crippen LogP contribution in [0.3, 0.4) is 0 Å².